The first-order valence-corrected chi connectivity index (χ1v) is 13.1. The van der Waals surface area contributed by atoms with Gasteiger partial charge < -0.3 is 19.5 Å². The van der Waals surface area contributed by atoms with Gasteiger partial charge in [0.1, 0.15) is 0 Å². The van der Waals surface area contributed by atoms with Gasteiger partial charge in [0.05, 0.1) is 11.3 Å². The number of nitrogens with one attached hydrogen (secondary N) is 1. The van der Waals surface area contributed by atoms with E-state index in [-0.39, 0.29) is 24.4 Å². The highest BCUT2D eigenvalue weighted by atomic mass is 35.5. The number of carbonyl (C=O) groups excluding carboxylic acids is 1. The van der Waals surface area contributed by atoms with Crippen molar-refractivity contribution in [3.05, 3.63) is 108 Å². The number of carbonyl (C=O) groups is 1. The van der Waals surface area contributed by atoms with Crippen LogP contribution in [0.15, 0.2) is 97.2 Å². The van der Waals surface area contributed by atoms with Crippen molar-refractivity contribution in [2.75, 3.05) is 33.4 Å². The maximum atomic E-state index is 14.4. The molecule has 4 aromatic rings. The van der Waals surface area contributed by atoms with E-state index in [0.29, 0.717) is 13.2 Å². The number of ether oxygens (including phenoxy) is 1. The van der Waals surface area contributed by atoms with Crippen molar-refractivity contribution < 1.29 is 9.53 Å². The Bertz CT molecular complexity index is 1290. The highest BCUT2D eigenvalue weighted by Crippen LogP contribution is 2.38. The molecule has 1 atom stereocenters. The van der Waals surface area contributed by atoms with E-state index in [1.54, 1.807) is 7.11 Å². The number of aromatic nitrogens is 1. The Morgan fingerprint density at radius 1 is 0.921 bits per heavy atom. The van der Waals surface area contributed by atoms with Gasteiger partial charge in [-0.25, -0.2) is 0 Å². The molecule has 3 aromatic carbocycles. The largest absolute Gasteiger partial charge is 0.385 e. The standard InChI is InChI=1S/C32H35N3O2.ClH/c1-37-21-11-19-34-24-29(30(26-14-7-3-8-15-26)31(34)27-16-9-4-10-17-27)32(36)35-20-18-33-23-28(35)22-25-12-5-2-6-13-25;/h2-10,12-17,24,28,33H,11,18-23H2,1H3;1H/t28-;/m1./s1. The van der Waals surface area contributed by atoms with Gasteiger partial charge in [-0.3, -0.25) is 4.79 Å². The number of halogens is 1. The summed E-state index contributed by atoms with van der Waals surface area (Å²) in [5.41, 5.74) is 6.28. The van der Waals surface area contributed by atoms with E-state index < -0.39 is 0 Å². The lowest BCUT2D eigenvalue weighted by Crippen LogP contribution is -2.54. The van der Waals surface area contributed by atoms with E-state index in [2.05, 4.69) is 81.6 Å². The van der Waals surface area contributed by atoms with Crippen LogP contribution < -0.4 is 5.32 Å². The number of benzene rings is 3. The van der Waals surface area contributed by atoms with Crippen molar-refractivity contribution in [2.45, 2.75) is 25.4 Å². The van der Waals surface area contributed by atoms with Crippen molar-refractivity contribution in [3.63, 3.8) is 0 Å². The van der Waals surface area contributed by atoms with Gasteiger partial charge in [-0.15, -0.1) is 12.4 Å². The van der Waals surface area contributed by atoms with Gasteiger partial charge in [-0.05, 0) is 29.5 Å². The van der Waals surface area contributed by atoms with Gasteiger partial charge in [-0.2, -0.15) is 0 Å². The molecule has 198 valence electrons. The molecule has 1 aliphatic heterocycles. The number of hydrogen-bond acceptors (Lipinski definition) is 3. The first kappa shape index (κ1) is 27.6. The number of piperazine rings is 1. The van der Waals surface area contributed by atoms with E-state index in [9.17, 15) is 4.79 Å². The fourth-order valence-corrected chi connectivity index (χ4v) is 5.33. The number of aryl methyl sites for hydroxylation is 1. The molecular weight excluding hydrogens is 494 g/mol. The summed E-state index contributed by atoms with van der Waals surface area (Å²) >= 11 is 0. The van der Waals surface area contributed by atoms with Crippen molar-refractivity contribution >= 4 is 18.3 Å². The number of nitrogens with zero attached hydrogens (tertiary/aromatic N) is 2. The van der Waals surface area contributed by atoms with E-state index in [1.165, 1.54) is 5.56 Å². The second-order valence-corrected chi connectivity index (χ2v) is 9.58. The molecule has 5 rings (SSSR count). The van der Waals surface area contributed by atoms with Gasteiger partial charge in [-0.1, -0.05) is 91.0 Å². The zero-order valence-electron chi connectivity index (χ0n) is 21.9. The Balaban J connectivity index is 0.00000336. The number of hydrogen-bond donors (Lipinski definition) is 1. The summed E-state index contributed by atoms with van der Waals surface area (Å²) in [5, 5.41) is 3.50. The maximum Gasteiger partial charge on any atom is 0.256 e. The van der Waals surface area contributed by atoms with Crippen LogP contribution in [0.2, 0.25) is 0 Å². The molecule has 1 saturated heterocycles. The lowest BCUT2D eigenvalue weighted by molar-refractivity contribution is 0.0636. The Kier molecular flexibility index (Phi) is 9.77. The van der Waals surface area contributed by atoms with Crippen molar-refractivity contribution in [1.29, 1.82) is 0 Å². The molecule has 1 fully saturated rings. The van der Waals surface area contributed by atoms with Gasteiger partial charge in [0.15, 0.2) is 0 Å². The van der Waals surface area contributed by atoms with Crippen LogP contribution in [-0.2, 0) is 17.7 Å². The van der Waals surface area contributed by atoms with Crippen LogP contribution in [0.4, 0.5) is 0 Å². The van der Waals surface area contributed by atoms with Gasteiger partial charge in [0.2, 0.25) is 0 Å². The number of methoxy groups -OCH3 is 1. The van der Waals surface area contributed by atoms with Crippen LogP contribution in [0.5, 0.6) is 0 Å². The lowest BCUT2D eigenvalue weighted by Gasteiger charge is -2.36. The SMILES string of the molecule is COCCCn1cc(C(=O)N2CCNC[C@H]2Cc2ccccc2)c(-c2ccccc2)c1-c1ccccc1.Cl. The topological polar surface area (TPSA) is 46.5 Å². The molecular formula is C32H36ClN3O2. The van der Waals surface area contributed by atoms with Gasteiger partial charge in [0.25, 0.3) is 5.91 Å². The molecule has 38 heavy (non-hydrogen) atoms. The third-order valence-electron chi connectivity index (χ3n) is 7.09. The van der Waals surface area contributed by atoms with E-state index in [0.717, 1.165) is 60.4 Å². The minimum Gasteiger partial charge on any atom is -0.385 e. The van der Waals surface area contributed by atoms with Crippen LogP contribution >= 0.6 is 12.4 Å². The third-order valence-corrected chi connectivity index (χ3v) is 7.09. The third kappa shape index (κ3) is 6.18. The zero-order chi connectivity index (χ0) is 25.5. The summed E-state index contributed by atoms with van der Waals surface area (Å²) in [6.45, 7) is 3.74. The van der Waals surface area contributed by atoms with Crippen LogP contribution in [0.1, 0.15) is 22.3 Å². The van der Waals surface area contributed by atoms with Crippen molar-refractivity contribution in [2.24, 2.45) is 0 Å². The van der Waals surface area contributed by atoms with Crippen LogP contribution in [0, 0.1) is 0 Å². The van der Waals surface area contributed by atoms with Crippen LogP contribution in [0.3, 0.4) is 0 Å². The quantitative estimate of drug-likeness (QED) is 0.273. The number of rotatable bonds is 9. The summed E-state index contributed by atoms with van der Waals surface area (Å²) in [6.07, 6.45) is 3.78. The molecule has 1 aromatic heterocycles. The first-order chi connectivity index (χ1) is 18.3. The molecule has 0 spiro atoms. The van der Waals surface area contributed by atoms with Gasteiger partial charge >= 0.3 is 0 Å². The Labute approximate surface area is 231 Å². The molecule has 0 radical (unpaired) electrons. The maximum absolute atomic E-state index is 14.4. The summed E-state index contributed by atoms with van der Waals surface area (Å²) in [7, 11) is 1.73. The molecule has 0 saturated carbocycles. The molecule has 0 bridgehead atoms. The molecule has 0 aliphatic carbocycles. The predicted octanol–water partition coefficient (Wildman–Crippen LogP) is 5.94. The van der Waals surface area contributed by atoms with Crippen molar-refractivity contribution in [3.8, 4) is 22.4 Å². The molecule has 0 unspecified atom stereocenters. The van der Waals surface area contributed by atoms with E-state index in [4.69, 9.17) is 4.74 Å². The molecule has 2 heterocycles. The summed E-state index contributed by atoms with van der Waals surface area (Å²) < 4.78 is 7.60. The molecule has 5 nitrogen and oxygen atoms in total. The smallest absolute Gasteiger partial charge is 0.256 e. The molecule has 6 heteroatoms. The highest BCUT2D eigenvalue weighted by Gasteiger charge is 2.31. The fourth-order valence-electron chi connectivity index (χ4n) is 5.33. The van der Waals surface area contributed by atoms with Gasteiger partial charge in [0, 0.05) is 57.7 Å². The molecule has 1 N–H and O–H groups in total. The monoisotopic (exact) mass is 529 g/mol. The van der Waals surface area contributed by atoms with Crippen LogP contribution in [-0.4, -0.2) is 54.8 Å². The zero-order valence-corrected chi connectivity index (χ0v) is 22.7. The Morgan fingerprint density at radius 3 is 2.21 bits per heavy atom. The normalized spacial score (nSPS) is 15.2. The fraction of sp³-hybridized carbons (Fsp3) is 0.281. The predicted molar refractivity (Wildman–Crippen MR) is 157 cm³/mol. The summed E-state index contributed by atoms with van der Waals surface area (Å²) in [6, 6.07) is 31.3. The summed E-state index contributed by atoms with van der Waals surface area (Å²) in [4.78, 5) is 16.5. The number of amides is 1. The lowest BCUT2D eigenvalue weighted by atomic mass is 9.96. The average Bonchev–Trinajstić information content (AvgIpc) is 3.34. The van der Waals surface area contributed by atoms with Crippen LogP contribution in [0.25, 0.3) is 22.4 Å². The second kappa shape index (κ2) is 13.4. The average molecular weight is 530 g/mol. The molecule has 1 amide bonds. The first-order valence-electron chi connectivity index (χ1n) is 13.1. The minimum atomic E-state index is 0. The highest BCUT2D eigenvalue weighted by molar-refractivity contribution is 6.05. The Hall–Kier alpha value is -3.38. The minimum absolute atomic E-state index is 0. The molecule has 1 aliphatic rings. The summed E-state index contributed by atoms with van der Waals surface area (Å²) in [5.74, 6) is 0.101. The second-order valence-electron chi connectivity index (χ2n) is 9.58. The van der Waals surface area contributed by atoms with E-state index in [1.807, 2.05) is 30.3 Å². The Morgan fingerprint density at radius 2 is 1.55 bits per heavy atom. The van der Waals surface area contributed by atoms with E-state index >= 15 is 0 Å². The van der Waals surface area contributed by atoms with Crippen molar-refractivity contribution in [1.82, 2.24) is 14.8 Å².